The maximum Gasteiger partial charge on any atom is 0.258 e. The number of benzene rings is 1. The number of nitrogens with zero attached hydrogens (tertiary/aromatic N) is 5. The molecule has 0 amide bonds. The number of hydrogen-bond donors (Lipinski definition) is 1. The molecule has 1 aromatic carbocycles. The molecule has 120 valence electrons. The van der Waals surface area contributed by atoms with Gasteiger partial charge in [0.15, 0.2) is 5.82 Å². The Morgan fingerprint density at radius 1 is 1.26 bits per heavy atom. The van der Waals surface area contributed by atoms with E-state index in [1.165, 1.54) is 11.6 Å². The summed E-state index contributed by atoms with van der Waals surface area (Å²) in [5.74, 6) is 0.742. The van der Waals surface area contributed by atoms with E-state index in [1.54, 1.807) is 12.1 Å². The summed E-state index contributed by atoms with van der Waals surface area (Å²) in [7, 11) is -2.08. The molecule has 3 aromatic rings. The number of methoxy groups -OCH3 is 1. The van der Waals surface area contributed by atoms with Crippen molar-refractivity contribution in [3.8, 4) is 17.1 Å². The summed E-state index contributed by atoms with van der Waals surface area (Å²) in [5.41, 5.74) is 6.35. The number of para-hydroxylation sites is 1. The molecular formula is C12H11BrN6O3S. The fraction of sp³-hybridized carbons (Fsp3) is 0.167. The number of ether oxygens (including phenoxy) is 1. The van der Waals surface area contributed by atoms with E-state index < -0.39 is 15.0 Å². The monoisotopic (exact) mass is 398 g/mol. The summed E-state index contributed by atoms with van der Waals surface area (Å²) >= 11 is 3.38. The van der Waals surface area contributed by atoms with Crippen molar-refractivity contribution in [3.05, 3.63) is 22.7 Å². The van der Waals surface area contributed by atoms with Gasteiger partial charge in [0.25, 0.3) is 10.9 Å². The predicted octanol–water partition coefficient (Wildman–Crippen LogP) is 0.943. The fourth-order valence-electron chi connectivity index (χ4n) is 1.96. The number of hydrogen-bond acceptors (Lipinski definition) is 8. The summed E-state index contributed by atoms with van der Waals surface area (Å²) < 4.78 is 30.4. The Morgan fingerprint density at radius 2 is 2.00 bits per heavy atom. The highest BCUT2D eigenvalue weighted by Crippen LogP contribution is 2.34. The van der Waals surface area contributed by atoms with Crippen LogP contribution in [0.15, 0.2) is 27.8 Å². The number of fused-ring (bicyclic) bond motifs is 1. The van der Waals surface area contributed by atoms with Crippen molar-refractivity contribution in [2.45, 2.75) is 5.16 Å². The van der Waals surface area contributed by atoms with Gasteiger partial charge in [-0.15, -0.1) is 5.10 Å². The first-order valence-corrected chi connectivity index (χ1v) is 8.93. The van der Waals surface area contributed by atoms with Gasteiger partial charge in [-0.3, -0.25) is 0 Å². The zero-order valence-electron chi connectivity index (χ0n) is 12.1. The van der Waals surface area contributed by atoms with E-state index in [0.717, 1.165) is 10.7 Å². The molecule has 0 aliphatic carbocycles. The number of halogens is 1. The second kappa shape index (κ2) is 5.42. The van der Waals surface area contributed by atoms with Crippen molar-refractivity contribution in [2.24, 2.45) is 0 Å². The fourth-order valence-corrected chi connectivity index (χ4v) is 2.99. The van der Waals surface area contributed by atoms with E-state index in [2.05, 4.69) is 36.0 Å². The highest BCUT2D eigenvalue weighted by molar-refractivity contribution is 9.10. The largest absolute Gasteiger partial charge is 0.495 e. The minimum atomic E-state index is -3.61. The maximum atomic E-state index is 11.6. The van der Waals surface area contributed by atoms with E-state index in [4.69, 9.17) is 10.5 Å². The van der Waals surface area contributed by atoms with Gasteiger partial charge in [-0.25, -0.2) is 8.42 Å². The molecule has 0 bridgehead atoms. The van der Waals surface area contributed by atoms with Crippen LogP contribution in [0.5, 0.6) is 5.75 Å². The van der Waals surface area contributed by atoms with Crippen molar-refractivity contribution in [3.63, 3.8) is 0 Å². The molecule has 2 aromatic heterocycles. The van der Waals surface area contributed by atoms with Crippen molar-refractivity contribution < 1.29 is 13.2 Å². The Bertz CT molecular complexity index is 1020. The molecule has 0 aliphatic heterocycles. The minimum Gasteiger partial charge on any atom is -0.495 e. The normalized spacial score (nSPS) is 11.8. The van der Waals surface area contributed by atoms with E-state index in [9.17, 15) is 8.42 Å². The van der Waals surface area contributed by atoms with E-state index in [-0.39, 0.29) is 17.6 Å². The van der Waals surface area contributed by atoms with Crippen LogP contribution in [0.25, 0.3) is 17.2 Å². The Balaban J connectivity index is 2.26. The van der Waals surface area contributed by atoms with Crippen LogP contribution in [-0.2, 0) is 9.84 Å². The van der Waals surface area contributed by atoms with Crippen LogP contribution in [0.2, 0.25) is 0 Å². The first-order chi connectivity index (χ1) is 10.8. The molecule has 0 unspecified atom stereocenters. The topological polar surface area (TPSA) is 125 Å². The zero-order valence-corrected chi connectivity index (χ0v) is 14.5. The van der Waals surface area contributed by atoms with Gasteiger partial charge in [0.05, 0.1) is 17.1 Å². The quantitative estimate of drug-likeness (QED) is 0.690. The lowest BCUT2D eigenvalue weighted by molar-refractivity contribution is 0.413. The Hall–Kier alpha value is -2.27. The zero-order chi connectivity index (χ0) is 16.8. The Labute approximate surface area is 139 Å². The minimum absolute atomic E-state index is 0.0370. The average molecular weight is 399 g/mol. The van der Waals surface area contributed by atoms with Crippen LogP contribution >= 0.6 is 15.9 Å². The van der Waals surface area contributed by atoms with Crippen molar-refractivity contribution in [1.82, 2.24) is 24.6 Å². The molecular weight excluding hydrogens is 388 g/mol. The molecule has 3 rings (SSSR count). The molecule has 0 saturated carbocycles. The van der Waals surface area contributed by atoms with Crippen LogP contribution < -0.4 is 10.5 Å². The van der Waals surface area contributed by atoms with Gasteiger partial charge >= 0.3 is 0 Å². The van der Waals surface area contributed by atoms with Crippen molar-refractivity contribution in [1.29, 1.82) is 0 Å². The lowest BCUT2D eigenvalue weighted by atomic mass is 10.2. The summed E-state index contributed by atoms with van der Waals surface area (Å²) in [6.45, 7) is 0. The second-order valence-corrected chi connectivity index (χ2v) is 7.37. The molecule has 0 fully saturated rings. The molecule has 11 heteroatoms. The van der Waals surface area contributed by atoms with Crippen molar-refractivity contribution >= 4 is 37.5 Å². The van der Waals surface area contributed by atoms with Gasteiger partial charge in [-0.1, -0.05) is 6.07 Å². The summed E-state index contributed by atoms with van der Waals surface area (Å²) in [5, 5.41) is 3.81. The molecule has 0 spiro atoms. The molecule has 0 radical (unpaired) electrons. The predicted molar refractivity (Wildman–Crippen MR) is 85.8 cm³/mol. The summed E-state index contributed by atoms with van der Waals surface area (Å²) in [6.07, 6.45) is 0.993. The molecule has 2 heterocycles. The Kier molecular flexibility index (Phi) is 3.68. The van der Waals surface area contributed by atoms with Gasteiger partial charge in [0, 0.05) is 6.26 Å². The third-order valence-electron chi connectivity index (χ3n) is 2.96. The van der Waals surface area contributed by atoms with Crippen LogP contribution in [-0.4, -0.2) is 46.3 Å². The molecule has 0 aliphatic rings. The van der Waals surface area contributed by atoms with Crippen LogP contribution in [0.4, 0.5) is 5.95 Å². The number of aromatic nitrogens is 5. The highest BCUT2D eigenvalue weighted by Gasteiger charge is 2.19. The first-order valence-electron chi connectivity index (χ1n) is 6.24. The second-order valence-electron chi connectivity index (χ2n) is 4.60. The Morgan fingerprint density at radius 3 is 2.65 bits per heavy atom. The molecule has 9 nitrogen and oxygen atoms in total. The van der Waals surface area contributed by atoms with Crippen LogP contribution in [0.3, 0.4) is 0 Å². The van der Waals surface area contributed by atoms with E-state index in [1.807, 2.05) is 6.07 Å². The molecule has 0 saturated heterocycles. The van der Waals surface area contributed by atoms with Crippen molar-refractivity contribution in [2.75, 3.05) is 19.1 Å². The molecule has 23 heavy (non-hydrogen) atoms. The highest BCUT2D eigenvalue weighted by atomic mass is 79.9. The smallest absolute Gasteiger partial charge is 0.258 e. The van der Waals surface area contributed by atoms with Gasteiger partial charge in [0.1, 0.15) is 5.75 Å². The maximum absolute atomic E-state index is 11.6. The number of nitrogen functional groups attached to an aromatic ring is 1. The average Bonchev–Trinajstić information content (AvgIpc) is 2.90. The molecule has 2 N–H and O–H groups in total. The number of nitrogens with two attached hydrogens (primary N) is 1. The standard InChI is InChI=1S/C12H11BrN6O3S/c1-22-8-6(4-3-5-7(8)13)9-15-11-17-12(23(2,20)21)16-10(14)19(11)18-9/h3-5H,1-2H3,(H2,14,15,16,17,18). The van der Waals surface area contributed by atoms with Gasteiger partial charge in [-0.2, -0.15) is 19.5 Å². The SMILES string of the molecule is COc1c(Br)cccc1-c1nc2nc(S(C)(=O)=O)nc(N)n2n1. The summed E-state index contributed by atoms with van der Waals surface area (Å²) in [6, 6.07) is 5.37. The van der Waals surface area contributed by atoms with Gasteiger partial charge < -0.3 is 10.5 Å². The number of sulfone groups is 1. The van der Waals surface area contributed by atoms with Gasteiger partial charge in [-0.05, 0) is 28.1 Å². The number of rotatable bonds is 3. The van der Waals surface area contributed by atoms with Gasteiger partial charge in [0.2, 0.25) is 15.8 Å². The first kappa shape index (κ1) is 15.6. The van der Waals surface area contributed by atoms with Crippen LogP contribution in [0.1, 0.15) is 0 Å². The third-order valence-corrected chi connectivity index (χ3v) is 4.43. The molecule has 0 atom stereocenters. The van der Waals surface area contributed by atoms with Crippen LogP contribution in [0, 0.1) is 0 Å². The summed E-state index contributed by atoms with van der Waals surface area (Å²) in [4.78, 5) is 11.9. The van der Waals surface area contributed by atoms with E-state index in [0.29, 0.717) is 11.3 Å². The number of anilines is 1. The van der Waals surface area contributed by atoms with E-state index >= 15 is 0 Å². The third kappa shape index (κ3) is 2.72. The lowest BCUT2D eigenvalue weighted by Gasteiger charge is -2.06. The lowest BCUT2D eigenvalue weighted by Crippen LogP contribution is -2.11.